The molecule has 1 N–H and O–H groups in total. The predicted molar refractivity (Wildman–Crippen MR) is 66.8 cm³/mol. The third kappa shape index (κ3) is 2.51. The summed E-state index contributed by atoms with van der Waals surface area (Å²) >= 11 is 0. The van der Waals surface area contributed by atoms with Crippen molar-refractivity contribution >= 4 is 17.5 Å². The number of hydrogen-bond acceptors (Lipinski definition) is 3. The summed E-state index contributed by atoms with van der Waals surface area (Å²) in [6.07, 6.45) is 0.225. The zero-order chi connectivity index (χ0) is 13.1. The Hall–Kier alpha value is -1.88. The van der Waals surface area contributed by atoms with Gasteiger partial charge in [0.05, 0.1) is 13.0 Å². The topological polar surface area (TPSA) is 58.6 Å². The number of nitrogens with zero attached hydrogens (tertiary/aromatic N) is 1. The fraction of sp³-hybridized carbons (Fsp3) is 0.385. The van der Waals surface area contributed by atoms with Crippen LogP contribution in [0, 0.1) is 12.8 Å². The molecule has 1 aromatic carbocycles. The number of amides is 2. The summed E-state index contributed by atoms with van der Waals surface area (Å²) in [5.41, 5.74) is 4.24. The maximum Gasteiger partial charge on any atom is 0.248 e. The Kier molecular flexibility index (Phi) is 3.62. The van der Waals surface area contributed by atoms with Gasteiger partial charge in [0.1, 0.15) is 0 Å². The van der Waals surface area contributed by atoms with E-state index in [0.717, 1.165) is 11.3 Å². The van der Waals surface area contributed by atoms with Gasteiger partial charge in [-0.2, -0.15) is 0 Å². The highest BCUT2D eigenvalue weighted by molar-refractivity contribution is 6.00. The lowest BCUT2D eigenvalue weighted by molar-refractivity contribution is -0.135. The van der Waals surface area contributed by atoms with E-state index in [2.05, 4.69) is 10.3 Å². The number of carbonyl (C=O) groups excluding carboxylic acids is 2. The van der Waals surface area contributed by atoms with E-state index in [1.165, 1.54) is 7.11 Å². The number of benzene rings is 1. The number of hydroxylamine groups is 1. The lowest BCUT2D eigenvalue weighted by Crippen LogP contribution is -2.32. The highest BCUT2D eigenvalue weighted by Crippen LogP contribution is 2.25. The van der Waals surface area contributed by atoms with Crippen molar-refractivity contribution in [3.63, 3.8) is 0 Å². The molecule has 2 amide bonds. The van der Waals surface area contributed by atoms with Crippen molar-refractivity contribution in [2.45, 2.75) is 13.3 Å². The van der Waals surface area contributed by atoms with Crippen LogP contribution in [0.1, 0.15) is 12.0 Å². The summed E-state index contributed by atoms with van der Waals surface area (Å²) in [6.45, 7) is 2.39. The van der Waals surface area contributed by atoms with Crippen molar-refractivity contribution in [1.82, 2.24) is 5.48 Å². The van der Waals surface area contributed by atoms with E-state index in [4.69, 9.17) is 0 Å². The molecule has 1 aromatic rings. The maximum atomic E-state index is 11.9. The van der Waals surface area contributed by atoms with Crippen LogP contribution in [0.5, 0.6) is 0 Å². The molecule has 5 heteroatoms. The first kappa shape index (κ1) is 12.6. The zero-order valence-corrected chi connectivity index (χ0v) is 10.5. The number of carbonyl (C=O) groups is 2. The average Bonchev–Trinajstić information content (AvgIpc) is 2.73. The van der Waals surface area contributed by atoms with Crippen molar-refractivity contribution in [2.75, 3.05) is 18.6 Å². The van der Waals surface area contributed by atoms with Crippen LogP contribution >= 0.6 is 0 Å². The fourth-order valence-corrected chi connectivity index (χ4v) is 2.04. The van der Waals surface area contributed by atoms with Crippen LogP contribution in [0.4, 0.5) is 5.69 Å². The van der Waals surface area contributed by atoms with E-state index in [9.17, 15) is 9.59 Å². The minimum absolute atomic E-state index is 0.0323. The van der Waals surface area contributed by atoms with E-state index < -0.39 is 0 Å². The standard InChI is InChI=1S/C13H16N2O3/c1-9-3-5-11(6-4-9)15-8-10(7-12(15)16)13(17)14-18-2/h3-6,10H,7-8H2,1-2H3,(H,14,17). The Morgan fingerprint density at radius 3 is 2.67 bits per heavy atom. The van der Waals surface area contributed by atoms with Gasteiger partial charge in [-0.1, -0.05) is 17.7 Å². The molecule has 0 aromatic heterocycles. The van der Waals surface area contributed by atoms with Crippen LogP contribution in [0.15, 0.2) is 24.3 Å². The van der Waals surface area contributed by atoms with Crippen molar-refractivity contribution in [2.24, 2.45) is 5.92 Å². The summed E-state index contributed by atoms with van der Waals surface area (Å²) < 4.78 is 0. The van der Waals surface area contributed by atoms with Gasteiger partial charge in [-0.15, -0.1) is 0 Å². The number of nitrogens with one attached hydrogen (secondary N) is 1. The van der Waals surface area contributed by atoms with Gasteiger partial charge in [0, 0.05) is 18.7 Å². The van der Waals surface area contributed by atoms with Gasteiger partial charge >= 0.3 is 0 Å². The molecule has 1 fully saturated rings. The maximum absolute atomic E-state index is 11.9. The second-order valence-corrected chi connectivity index (χ2v) is 4.41. The third-order valence-electron chi connectivity index (χ3n) is 3.04. The van der Waals surface area contributed by atoms with Crippen molar-refractivity contribution in [3.05, 3.63) is 29.8 Å². The number of aryl methyl sites for hydroxylation is 1. The smallest absolute Gasteiger partial charge is 0.248 e. The summed E-state index contributed by atoms with van der Waals surface area (Å²) in [5.74, 6) is -0.630. The van der Waals surface area contributed by atoms with Gasteiger partial charge in [-0.3, -0.25) is 14.4 Å². The number of anilines is 1. The minimum atomic E-state index is -0.348. The van der Waals surface area contributed by atoms with Gasteiger partial charge in [-0.05, 0) is 19.1 Å². The molecule has 1 unspecified atom stereocenters. The normalized spacial score (nSPS) is 19.1. The minimum Gasteiger partial charge on any atom is -0.312 e. The third-order valence-corrected chi connectivity index (χ3v) is 3.04. The van der Waals surface area contributed by atoms with Crippen LogP contribution in [-0.2, 0) is 14.4 Å². The molecule has 1 heterocycles. The SMILES string of the molecule is CONC(=O)C1CC(=O)N(c2ccc(C)cc2)C1. The molecule has 1 saturated heterocycles. The Bertz CT molecular complexity index is 456. The monoisotopic (exact) mass is 248 g/mol. The summed E-state index contributed by atoms with van der Waals surface area (Å²) in [4.78, 5) is 29.7. The first-order valence-electron chi connectivity index (χ1n) is 5.81. The predicted octanol–water partition coefficient (Wildman–Crippen LogP) is 1.03. The second kappa shape index (κ2) is 5.18. The summed E-state index contributed by atoms with van der Waals surface area (Å²) in [5, 5.41) is 0. The molecule has 0 spiro atoms. The lowest BCUT2D eigenvalue weighted by Gasteiger charge is -2.16. The highest BCUT2D eigenvalue weighted by Gasteiger charge is 2.35. The van der Waals surface area contributed by atoms with Crippen LogP contribution in [0.3, 0.4) is 0 Å². The van der Waals surface area contributed by atoms with Crippen LogP contribution < -0.4 is 10.4 Å². The van der Waals surface area contributed by atoms with Gasteiger partial charge < -0.3 is 4.90 Å². The summed E-state index contributed by atoms with van der Waals surface area (Å²) in [7, 11) is 1.38. The Morgan fingerprint density at radius 2 is 2.06 bits per heavy atom. The molecule has 18 heavy (non-hydrogen) atoms. The van der Waals surface area contributed by atoms with Crippen molar-refractivity contribution < 1.29 is 14.4 Å². The Labute approximate surface area is 106 Å². The molecule has 0 aliphatic carbocycles. The highest BCUT2D eigenvalue weighted by atomic mass is 16.6. The molecular formula is C13H16N2O3. The molecule has 1 aliphatic heterocycles. The number of rotatable bonds is 3. The van der Waals surface area contributed by atoms with Crippen LogP contribution in [0.25, 0.3) is 0 Å². The molecular weight excluding hydrogens is 232 g/mol. The fourth-order valence-electron chi connectivity index (χ4n) is 2.04. The molecule has 2 rings (SSSR count). The van der Waals surface area contributed by atoms with E-state index in [1.807, 2.05) is 31.2 Å². The lowest BCUT2D eigenvalue weighted by atomic mass is 10.1. The largest absolute Gasteiger partial charge is 0.312 e. The van der Waals surface area contributed by atoms with Crippen LogP contribution in [-0.4, -0.2) is 25.5 Å². The number of hydrogen-bond donors (Lipinski definition) is 1. The molecule has 0 radical (unpaired) electrons. The first-order valence-corrected chi connectivity index (χ1v) is 5.81. The van der Waals surface area contributed by atoms with Gasteiger partial charge in [-0.25, -0.2) is 5.48 Å². The van der Waals surface area contributed by atoms with E-state index in [-0.39, 0.29) is 24.2 Å². The van der Waals surface area contributed by atoms with Crippen molar-refractivity contribution in [3.8, 4) is 0 Å². The Balaban J connectivity index is 2.10. The average molecular weight is 248 g/mol. The van der Waals surface area contributed by atoms with Crippen molar-refractivity contribution in [1.29, 1.82) is 0 Å². The molecule has 5 nitrogen and oxygen atoms in total. The summed E-state index contributed by atoms with van der Waals surface area (Å²) in [6, 6.07) is 7.68. The second-order valence-electron chi connectivity index (χ2n) is 4.41. The molecule has 96 valence electrons. The Morgan fingerprint density at radius 1 is 1.39 bits per heavy atom. The molecule has 1 aliphatic rings. The van der Waals surface area contributed by atoms with Crippen LogP contribution in [0.2, 0.25) is 0 Å². The molecule has 0 bridgehead atoms. The quantitative estimate of drug-likeness (QED) is 0.813. The first-order chi connectivity index (χ1) is 8.61. The van der Waals surface area contributed by atoms with Gasteiger partial charge in [0.25, 0.3) is 0 Å². The molecule has 1 atom stereocenters. The van der Waals surface area contributed by atoms with Gasteiger partial charge in [0.15, 0.2) is 0 Å². The van der Waals surface area contributed by atoms with Gasteiger partial charge in [0.2, 0.25) is 11.8 Å². The zero-order valence-electron chi connectivity index (χ0n) is 10.5. The van der Waals surface area contributed by atoms with E-state index >= 15 is 0 Å². The van der Waals surface area contributed by atoms with E-state index in [1.54, 1.807) is 4.90 Å². The molecule has 0 saturated carbocycles. The van der Waals surface area contributed by atoms with E-state index in [0.29, 0.717) is 6.54 Å².